The van der Waals surface area contributed by atoms with Crippen molar-refractivity contribution in [3.05, 3.63) is 119 Å². The van der Waals surface area contributed by atoms with Crippen molar-refractivity contribution in [2.45, 2.75) is 25.7 Å². The van der Waals surface area contributed by atoms with Crippen molar-refractivity contribution in [3.63, 3.8) is 0 Å². The molecule has 0 radical (unpaired) electrons. The van der Waals surface area contributed by atoms with Crippen LogP contribution in [0.25, 0.3) is 22.3 Å². The van der Waals surface area contributed by atoms with Crippen LogP contribution in [0.5, 0.6) is 0 Å². The zero-order chi connectivity index (χ0) is 19.1. The molecule has 0 N–H and O–H groups in total. The molecule has 0 aromatic heterocycles. The van der Waals surface area contributed by atoms with Crippen molar-refractivity contribution >= 4 is 0 Å². The summed E-state index contributed by atoms with van der Waals surface area (Å²) in [6, 6.07) is 35.3. The molecule has 0 saturated carbocycles. The van der Waals surface area contributed by atoms with Gasteiger partial charge in [-0.2, -0.15) is 0 Å². The van der Waals surface area contributed by atoms with Gasteiger partial charge in [-0.25, -0.2) is 0 Å². The minimum Gasteiger partial charge on any atom is -0.0622 e. The SMILES string of the molecule is CC1(C)c2ccccc2-c2c(Cc3ccccc3-c3ccccc3)cccc21. The van der Waals surface area contributed by atoms with Gasteiger partial charge in [0.15, 0.2) is 0 Å². The molecule has 0 amide bonds. The van der Waals surface area contributed by atoms with E-state index in [2.05, 4.69) is 111 Å². The van der Waals surface area contributed by atoms with Crippen molar-refractivity contribution in [1.82, 2.24) is 0 Å². The summed E-state index contributed by atoms with van der Waals surface area (Å²) >= 11 is 0. The minimum atomic E-state index is 0.0564. The molecular weight excluding hydrogens is 336 g/mol. The van der Waals surface area contributed by atoms with Gasteiger partial charge in [-0.15, -0.1) is 0 Å². The van der Waals surface area contributed by atoms with E-state index < -0.39 is 0 Å². The van der Waals surface area contributed by atoms with Crippen molar-refractivity contribution in [3.8, 4) is 22.3 Å². The van der Waals surface area contributed by atoms with Gasteiger partial charge >= 0.3 is 0 Å². The molecule has 0 spiro atoms. The third-order valence-electron chi connectivity index (χ3n) is 6.18. The van der Waals surface area contributed by atoms with E-state index in [4.69, 9.17) is 0 Å². The highest BCUT2D eigenvalue weighted by Gasteiger charge is 2.36. The average molecular weight is 360 g/mol. The minimum absolute atomic E-state index is 0.0564. The van der Waals surface area contributed by atoms with Crippen LogP contribution in [0, 0.1) is 0 Å². The van der Waals surface area contributed by atoms with Crippen LogP contribution in [0.4, 0.5) is 0 Å². The second-order valence-electron chi connectivity index (χ2n) is 8.21. The van der Waals surface area contributed by atoms with E-state index in [1.807, 2.05) is 0 Å². The quantitative estimate of drug-likeness (QED) is 0.361. The highest BCUT2D eigenvalue weighted by molar-refractivity contribution is 5.83. The van der Waals surface area contributed by atoms with E-state index in [9.17, 15) is 0 Å². The standard InChI is InChI=1S/C28H24/c1-28(2)25-17-9-8-16-24(25)27-22(14-10-18-26(27)28)19-21-13-6-7-15-23(21)20-11-4-3-5-12-20/h3-18H,19H2,1-2H3. The molecule has 1 aliphatic rings. The molecule has 0 unspecified atom stereocenters. The smallest absolute Gasteiger partial charge is 0.0158 e. The molecule has 0 atom stereocenters. The van der Waals surface area contributed by atoms with E-state index in [1.165, 1.54) is 44.5 Å². The summed E-state index contributed by atoms with van der Waals surface area (Å²) < 4.78 is 0. The maximum Gasteiger partial charge on any atom is 0.0158 e. The van der Waals surface area contributed by atoms with Gasteiger partial charge in [-0.1, -0.05) is 111 Å². The largest absolute Gasteiger partial charge is 0.0622 e. The fourth-order valence-electron chi connectivity index (χ4n) is 4.76. The first-order valence-corrected chi connectivity index (χ1v) is 10.0. The lowest BCUT2D eigenvalue weighted by Crippen LogP contribution is -2.14. The van der Waals surface area contributed by atoms with Gasteiger partial charge in [0.05, 0.1) is 0 Å². The first-order valence-electron chi connectivity index (χ1n) is 10.0. The Morgan fingerprint density at radius 2 is 1.14 bits per heavy atom. The third-order valence-corrected chi connectivity index (χ3v) is 6.18. The Hall–Kier alpha value is -3.12. The molecule has 0 nitrogen and oxygen atoms in total. The monoisotopic (exact) mass is 360 g/mol. The molecule has 4 aromatic rings. The fraction of sp³-hybridized carbons (Fsp3) is 0.143. The molecule has 28 heavy (non-hydrogen) atoms. The summed E-state index contributed by atoms with van der Waals surface area (Å²) in [5.74, 6) is 0. The van der Waals surface area contributed by atoms with E-state index in [1.54, 1.807) is 0 Å². The van der Waals surface area contributed by atoms with E-state index in [0.717, 1.165) is 6.42 Å². The molecular formula is C28H24. The molecule has 0 saturated heterocycles. The molecule has 0 bridgehead atoms. The number of rotatable bonds is 3. The van der Waals surface area contributed by atoms with Crippen LogP contribution in [0.1, 0.15) is 36.1 Å². The summed E-state index contributed by atoms with van der Waals surface area (Å²) in [7, 11) is 0. The van der Waals surface area contributed by atoms with Crippen LogP contribution in [-0.2, 0) is 11.8 Å². The number of benzene rings is 4. The summed E-state index contributed by atoms with van der Waals surface area (Å²) in [4.78, 5) is 0. The molecule has 0 heterocycles. The zero-order valence-electron chi connectivity index (χ0n) is 16.4. The van der Waals surface area contributed by atoms with Gasteiger partial charge in [0.1, 0.15) is 0 Å². The molecule has 0 fully saturated rings. The summed E-state index contributed by atoms with van der Waals surface area (Å²) in [5.41, 5.74) is 11.2. The number of hydrogen-bond acceptors (Lipinski definition) is 0. The van der Waals surface area contributed by atoms with Gasteiger partial charge in [0.2, 0.25) is 0 Å². The highest BCUT2D eigenvalue weighted by Crippen LogP contribution is 2.50. The average Bonchev–Trinajstić information content (AvgIpc) is 2.98. The van der Waals surface area contributed by atoms with E-state index in [0.29, 0.717) is 0 Å². The van der Waals surface area contributed by atoms with E-state index >= 15 is 0 Å². The third kappa shape index (κ3) is 2.60. The normalized spacial score (nSPS) is 13.8. The van der Waals surface area contributed by atoms with Crippen molar-refractivity contribution < 1.29 is 0 Å². The predicted octanol–water partition coefficient (Wildman–Crippen LogP) is 7.25. The Kier molecular flexibility index (Phi) is 3.94. The molecule has 4 aromatic carbocycles. The van der Waals surface area contributed by atoms with Gasteiger partial charge in [0, 0.05) is 5.41 Å². The topological polar surface area (TPSA) is 0 Å². The summed E-state index contributed by atoms with van der Waals surface area (Å²) in [5, 5.41) is 0. The molecule has 1 aliphatic carbocycles. The number of hydrogen-bond donors (Lipinski definition) is 0. The van der Waals surface area contributed by atoms with Crippen LogP contribution in [0.3, 0.4) is 0 Å². The van der Waals surface area contributed by atoms with Crippen LogP contribution in [0.2, 0.25) is 0 Å². The first kappa shape index (κ1) is 17.0. The Bertz CT molecular complexity index is 1150. The Balaban J connectivity index is 1.66. The zero-order valence-corrected chi connectivity index (χ0v) is 16.4. The lowest BCUT2D eigenvalue weighted by Gasteiger charge is -2.21. The summed E-state index contributed by atoms with van der Waals surface area (Å²) in [6.45, 7) is 4.69. The fourth-order valence-corrected chi connectivity index (χ4v) is 4.76. The van der Waals surface area contributed by atoms with E-state index in [-0.39, 0.29) is 5.41 Å². The number of fused-ring (bicyclic) bond motifs is 3. The van der Waals surface area contributed by atoms with Crippen molar-refractivity contribution in [2.75, 3.05) is 0 Å². The molecule has 0 aliphatic heterocycles. The second kappa shape index (κ2) is 6.49. The van der Waals surface area contributed by atoms with Gasteiger partial charge in [0.25, 0.3) is 0 Å². The highest BCUT2D eigenvalue weighted by atomic mass is 14.4. The van der Waals surface area contributed by atoms with Gasteiger partial charge in [-0.3, -0.25) is 0 Å². The summed E-state index contributed by atoms with van der Waals surface area (Å²) in [6.07, 6.45) is 0.943. The van der Waals surface area contributed by atoms with Gasteiger partial charge < -0.3 is 0 Å². The van der Waals surface area contributed by atoms with Crippen molar-refractivity contribution in [2.24, 2.45) is 0 Å². The maximum atomic E-state index is 2.35. The second-order valence-corrected chi connectivity index (χ2v) is 8.21. The Morgan fingerprint density at radius 3 is 1.96 bits per heavy atom. The van der Waals surface area contributed by atoms with Gasteiger partial charge in [-0.05, 0) is 50.9 Å². The Morgan fingerprint density at radius 1 is 0.536 bits per heavy atom. The lowest BCUT2D eigenvalue weighted by molar-refractivity contribution is 0.660. The van der Waals surface area contributed by atoms with Crippen LogP contribution < -0.4 is 0 Å². The molecule has 0 heteroatoms. The van der Waals surface area contributed by atoms with Crippen LogP contribution in [-0.4, -0.2) is 0 Å². The maximum absolute atomic E-state index is 2.35. The molecule has 5 rings (SSSR count). The predicted molar refractivity (Wildman–Crippen MR) is 119 cm³/mol. The van der Waals surface area contributed by atoms with Crippen LogP contribution >= 0.6 is 0 Å². The first-order chi connectivity index (χ1) is 13.7. The van der Waals surface area contributed by atoms with Crippen molar-refractivity contribution in [1.29, 1.82) is 0 Å². The Labute approximate surface area is 167 Å². The van der Waals surface area contributed by atoms with Crippen LogP contribution in [0.15, 0.2) is 97.1 Å². The lowest BCUT2D eigenvalue weighted by atomic mass is 9.82. The molecule has 136 valence electrons.